The summed E-state index contributed by atoms with van der Waals surface area (Å²) in [5, 5.41) is 26.2. The normalized spacial score (nSPS) is 15.5. The molecule has 0 spiro atoms. The summed E-state index contributed by atoms with van der Waals surface area (Å²) in [6.07, 6.45) is 4.49. The number of aliphatic hydroxyl groups excluding tert-OH is 1. The van der Waals surface area contributed by atoms with Crippen LogP contribution in [0.15, 0.2) is 25.0 Å². The van der Waals surface area contributed by atoms with Crippen molar-refractivity contribution in [1.82, 2.24) is 35.9 Å². The third-order valence-corrected chi connectivity index (χ3v) is 4.78. The molecule has 0 radical (unpaired) electrons. The fraction of sp³-hybridized carbons (Fsp3) is 0.474. The van der Waals surface area contributed by atoms with E-state index in [1.807, 2.05) is 0 Å². The molecule has 2 aromatic rings. The monoisotopic (exact) mass is 464 g/mol. The van der Waals surface area contributed by atoms with Crippen LogP contribution in [0.1, 0.15) is 25.2 Å². The Labute approximate surface area is 188 Å². The minimum absolute atomic E-state index is 0.0121. The molecular formula is C19H28N8O6. The lowest BCUT2D eigenvalue weighted by atomic mass is 10.1. The highest BCUT2D eigenvalue weighted by molar-refractivity contribution is 5.94. The van der Waals surface area contributed by atoms with E-state index >= 15 is 0 Å². The first-order valence-corrected chi connectivity index (χ1v) is 10.1. The topological polar surface area (TPSA) is 228 Å². The first kappa shape index (κ1) is 25.5. The average molecular weight is 464 g/mol. The van der Waals surface area contributed by atoms with Crippen LogP contribution in [-0.2, 0) is 32.0 Å². The van der Waals surface area contributed by atoms with E-state index in [-0.39, 0.29) is 12.8 Å². The van der Waals surface area contributed by atoms with Crippen molar-refractivity contribution in [3.05, 3.63) is 36.4 Å². The lowest BCUT2D eigenvalue weighted by Crippen LogP contribution is -2.58. The summed E-state index contributed by atoms with van der Waals surface area (Å²) >= 11 is 0. The lowest BCUT2D eigenvalue weighted by molar-refractivity contribution is -0.142. The zero-order chi connectivity index (χ0) is 24.5. The van der Waals surface area contributed by atoms with Crippen LogP contribution in [0.3, 0.4) is 0 Å². The van der Waals surface area contributed by atoms with Gasteiger partial charge in [0.2, 0.25) is 17.7 Å². The molecule has 3 amide bonds. The van der Waals surface area contributed by atoms with E-state index in [1.54, 1.807) is 0 Å². The fourth-order valence-corrected chi connectivity index (χ4v) is 2.81. The van der Waals surface area contributed by atoms with Gasteiger partial charge in [0.1, 0.15) is 24.2 Å². The van der Waals surface area contributed by atoms with Crippen LogP contribution in [0.4, 0.5) is 0 Å². The van der Waals surface area contributed by atoms with Gasteiger partial charge in [0.05, 0.1) is 18.8 Å². The minimum Gasteiger partial charge on any atom is -0.480 e. The van der Waals surface area contributed by atoms with Crippen LogP contribution in [-0.4, -0.2) is 84.1 Å². The van der Waals surface area contributed by atoms with Crippen molar-refractivity contribution >= 4 is 23.7 Å². The summed E-state index contributed by atoms with van der Waals surface area (Å²) in [5.41, 5.74) is 6.58. The van der Waals surface area contributed by atoms with Gasteiger partial charge in [0.15, 0.2) is 0 Å². The number of nitrogens with one attached hydrogen (secondary N) is 5. The number of H-pyrrole nitrogens is 2. The van der Waals surface area contributed by atoms with Gasteiger partial charge < -0.3 is 41.9 Å². The number of nitrogens with zero attached hydrogens (tertiary/aromatic N) is 2. The second-order valence-electron chi connectivity index (χ2n) is 7.52. The predicted molar refractivity (Wildman–Crippen MR) is 113 cm³/mol. The van der Waals surface area contributed by atoms with Crippen LogP contribution in [0.2, 0.25) is 0 Å². The van der Waals surface area contributed by atoms with Gasteiger partial charge in [-0.15, -0.1) is 0 Å². The third-order valence-electron chi connectivity index (χ3n) is 4.78. The van der Waals surface area contributed by atoms with Crippen molar-refractivity contribution in [1.29, 1.82) is 0 Å². The average Bonchev–Trinajstić information content (AvgIpc) is 3.45. The SMILES string of the molecule is CC(NC(=O)C(N)C(C)O)C(=O)NC(Cc1cnc[nH]1)C(=O)NC(Cc1cnc[nH]1)C(=O)O. The Hall–Kier alpha value is -3.78. The minimum atomic E-state index is -1.28. The number of hydrogen-bond acceptors (Lipinski definition) is 8. The molecule has 0 fully saturated rings. The van der Waals surface area contributed by atoms with Crippen LogP contribution >= 0.6 is 0 Å². The summed E-state index contributed by atoms with van der Waals surface area (Å²) < 4.78 is 0. The number of hydrogen-bond donors (Lipinski definition) is 8. The Morgan fingerprint density at radius 2 is 1.42 bits per heavy atom. The number of amides is 3. The quantitative estimate of drug-likeness (QED) is 0.162. The van der Waals surface area contributed by atoms with Gasteiger partial charge in [-0.1, -0.05) is 0 Å². The van der Waals surface area contributed by atoms with Crippen LogP contribution in [0, 0.1) is 0 Å². The smallest absolute Gasteiger partial charge is 0.326 e. The van der Waals surface area contributed by atoms with Gasteiger partial charge >= 0.3 is 5.97 Å². The number of carboxylic acids is 1. The van der Waals surface area contributed by atoms with Gasteiger partial charge in [-0.05, 0) is 13.8 Å². The van der Waals surface area contributed by atoms with Gasteiger partial charge in [0.25, 0.3) is 0 Å². The van der Waals surface area contributed by atoms with E-state index in [2.05, 4.69) is 35.9 Å². The molecule has 14 heteroatoms. The lowest BCUT2D eigenvalue weighted by Gasteiger charge is -2.23. The number of aliphatic carboxylic acids is 1. The summed E-state index contributed by atoms with van der Waals surface area (Å²) in [5.74, 6) is -3.46. The Morgan fingerprint density at radius 3 is 1.88 bits per heavy atom. The van der Waals surface area contributed by atoms with Crippen molar-refractivity contribution in [3.63, 3.8) is 0 Å². The van der Waals surface area contributed by atoms with Crippen molar-refractivity contribution in [2.75, 3.05) is 0 Å². The molecule has 14 nitrogen and oxygen atoms in total. The summed E-state index contributed by atoms with van der Waals surface area (Å²) in [7, 11) is 0. The molecule has 2 heterocycles. The van der Waals surface area contributed by atoms with E-state index in [0.717, 1.165) is 0 Å². The highest BCUT2D eigenvalue weighted by Crippen LogP contribution is 2.04. The standard InChI is InChI=1S/C19H28N8O6/c1-9(25-18(31)15(20)10(2)28)16(29)26-13(3-11-5-21-7-23-11)17(30)27-14(19(32)33)4-12-6-22-8-24-12/h5-10,13-15,28H,3-4,20H2,1-2H3,(H,21,23)(H,22,24)(H,25,31)(H,26,29)(H,27,30)(H,32,33). The van der Waals surface area contributed by atoms with Gasteiger partial charge in [-0.3, -0.25) is 14.4 Å². The molecule has 33 heavy (non-hydrogen) atoms. The summed E-state index contributed by atoms with van der Waals surface area (Å²) in [6.45, 7) is 2.72. The van der Waals surface area contributed by atoms with Gasteiger partial charge in [-0.25, -0.2) is 14.8 Å². The number of carbonyl (C=O) groups is 4. The molecule has 5 unspecified atom stereocenters. The second-order valence-corrected chi connectivity index (χ2v) is 7.52. The highest BCUT2D eigenvalue weighted by atomic mass is 16.4. The molecule has 0 aliphatic carbocycles. The Balaban J connectivity index is 2.09. The molecule has 5 atom stereocenters. The summed E-state index contributed by atoms with van der Waals surface area (Å²) in [4.78, 5) is 62.4. The molecule has 2 rings (SSSR count). The Bertz CT molecular complexity index is 930. The van der Waals surface area contributed by atoms with Gasteiger partial charge in [0, 0.05) is 36.6 Å². The Morgan fingerprint density at radius 1 is 0.909 bits per heavy atom. The maximum absolute atomic E-state index is 12.9. The molecule has 2 aromatic heterocycles. The molecule has 0 saturated carbocycles. The van der Waals surface area contributed by atoms with Crippen molar-refractivity contribution in [3.8, 4) is 0 Å². The molecular weight excluding hydrogens is 436 g/mol. The number of imidazole rings is 2. The number of aromatic nitrogens is 4. The number of carboxylic acid groups (broad SMARTS) is 1. The number of aromatic amines is 2. The van der Waals surface area contributed by atoms with E-state index in [9.17, 15) is 29.4 Å². The number of rotatable bonds is 12. The maximum atomic E-state index is 12.9. The summed E-state index contributed by atoms with van der Waals surface area (Å²) in [6, 6.07) is -4.77. The molecule has 0 bridgehead atoms. The fourth-order valence-electron chi connectivity index (χ4n) is 2.81. The molecule has 9 N–H and O–H groups in total. The predicted octanol–water partition coefficient (Wildman–Crippen LogP) is -2.81. The molecule has 180 valence electrons. The first-order valence-electron chi connectivity index (χ1n) is 10.1. The van der Waals surface area contributed by atoms with E-state index in [0.29, 0.717) is 11.4 Å². The number of aliphatic hydroxyl groups is 1. The third kappa shape index (κ3) is 7.69. The van der Waals surface area contributed by atoms with E-state index in [1.165, 1.54) is 38.9 Å². The highest BCUT2D eigenvalue weighted by Gasteiger charge is 2.30. The molecule has 0 aromatic carbocycles. The molecule has 0 aliphatic rings. The maximum Gasteiger partial charge on any atom is 0.326 e. The van der Waals surface area contributed by atoms with E-state index in [4.69, 9.17) is 5.73 Å². The zero-order valence-corrected chi connectivity index (χ0v) is 18.1. The van der Waals surface area contributed by atoms with Crippen molar-refractivity contribution in [2.24, 2.45) is 5.73 Å². The number of nitrogens with two attached hydrogens (primary N) is 1. The van der Waals surface area contributed by atoms with Crippen LogP contribution < -0.4 is 21.7 Å². The van der Waals surface area contributed by atoms with Crippen LogP contribution in [0.25, 0.3) is 0 Å². The number of carbonyl (C=O) groups excluding carboxylic acids is 3. The van der Waals surface area contributed by atoms with E-state index < -0.39 is 54.0 Å². The molecule has 0 saturated heterocycles. The zero-order valence-electron chi connectivity index (χ0n) is 18.1. The van der Waals surface area contributed by atoms with Gasteiger partial charge in [-0.2, -0.15) is 0 Å². The van der Waals surface area contributed by atoms with Crippen molar-refractivity contribution < 1.29 is 29.4 Å². The second kappa shape index (κ2) is 11.7. The Kier molecular flexibility index (Phi) is 9.06. The van der Waals surface area contributed by atoms with Crippen LogP contribution in [0.5, 0.6) is 0 Å². The molecule has 0 aliphatic heterocycles. The first-order chi connectivity index (χ1) is 15.6. The largest absolute Gasteiger partial charge is 0.480 e. The van der Waals surface area contributed by atoms with Crippen molar-refractivity contribution in [2.45, 2.75) is 57.0 Å².